The predicted octanol–water partition coefficient (Wildman–Crippen LogP) is 6.63. The van der Waals surface area contributed by atoms with Gasteiger partial charge in [0.1, 0.15) is 17.4 Å². The fourth-order valence-electron chi connectivity index (χ4n) is 3.22. The molecule has 1 aromatic heterocycles. The van der Waals surface area contributed by atoms with Crippen LogP contribution in [-0.4, -0.2) is 20.6 Å². The number of aromatic nitrogens is 2. The van der Waals surface area contributed by atoms with E-state index in [1.165, 1.54) is 24.3 Å². The third kappa shape index (κ3) is 6.10. The van der Waals surface area contributed by atoms with Gasteiger partial charge in [-0.2, -0.15) is 5.10 Å². The van der Waals surface area contributed by atoms with Crippen LogP contribution in [0.2, 0.25) is 15.1 Å². The number of ether oxygens (including phenoxy) is 1. The number of rotatable bonds is 8. The second-order valence-electron chi connectivity index (χ2n) is 7.42. The van der Waals surface area contributed by atoms with Crippen molar-refractivity contribution in [2.45, 2.75) is 13.2 Å². The Bertz CT molecular complexity index is 1370. The number of halogens is 3. The van der Waals surface area contributed by atoms with Crippen LogP contribution in [0.15, 0.2) is 72.9 Å². The van der Waals surface area contributed by atoms with E-state index in [2.05, 4.69) is 10.4 Å². The first-order valence-corrected chi connectivity index (χ1v) is 11.4. The Labute approximate surface area is 215 Å². The molecule has 0 bridgehead atoms. The van der Waals surface area contributed by atoms with Crippen LogP contribution >= 0.6 is 34.8 Å². The lowest BCUT2D eigenvalue weighted by atomic mass is 10.1. The molecule has 0 aliphatic carbocycles. The number of non-ortho nitro benzene ring substituents is 1. The van der Waals surface area contributed by atoms with Gasteiger partial charge in [0.2, 0.25) is 0 Å². The largest absolute Gasteiger partial charge is 0.489 e. The molecule has 3 aromatic carbocycles. The van der Waals surface area contributed by atoms with Gasteiger partial charge in [-0.1, -0.05) is 53.0 Å². The summed E-state index contributed by atoms with van der Waals surface area (Å²) in [5.41, 5.74) is 1.79. The van der Waals surface area contributed by atoms with Gasteiger partial charge in [0.05, 0.1) is 11.5 Å². The number of benzene rings is 3. The molecule has 0 aliphatic heterocycles. The molecule has 0 aliphatic rings. The first kappa shape index (κ1) is 24.5. The van der Waals surface area contributed by atoms with Gasteiger partial charge >= 0.3 is 0 Å². The molecule has 4 rings (SSSR count). The highest BCUT2D eigenvalue weighted by atomic mass is 35.5. The quantitative estimate of drug-likeness (QED) is 0.203. The highest BCUT2D eigenvalue weighted by molar-refractivity contribution is 6.36. The molecule has 11 heteroatoms. The van der Waals surface area contributed by atoms with Crippen LogP contribution < -0.4 is 10.1 Å². The summed E-state index contributed by atoms with van der Waals surface area (Å²) in [4.78, 5) is 23.1. The molecule has 1 heterocycles. The zero-order valence-corrected chi connectivity index (χ0v) is 20.2. The van der Waals surface area contributed by atoms with Crippen LogP contribution in [0.3, 0.4) is 0 Å². The second kappa shape index (κ2) is 10.8. The van der Waals surface area contributed by atoms with Gasteiger partial charge in [0, 0.05) is 39.5 Å². The van der Waals surface area contributed by atoms with Crippen molar-refractivity contribution in [1.29, 1.82) is 0 Å². The lowest BCUT2D eigenvalue weighted by Gasteiger charge is -2.08. The second-order valence-corrected chi connectivity index (χ2v) is 8.64. The van der Waals surface area contributed by atoms with Crippen LogP contribution in [-0.2, 0) is 13.2 Å². The highest BCUT2D eigenvalue weighted by Gasteiger charge is 2.15. The number of carbonyl (C=O) groups is 1. The minimum atomic E-state index is -0.479. The van der Waals surface area contributed by atoms with Gasteiger partial charge in [0.15, 0.2) is 5.82 Å². The van der Waals surface area contributed by atoms with Gasteiger partial charge in [-0.15, -0.1) is 0 Å². The molecule has 0 saturated heterocycles. The normalized spacial score (nSPS) is 10.7. The third-order valence-corrected chi connectivity index (χ3v) is 5.96. The Morgan fingerprint density at radius 3 is 2.37 bits per heavy atom. The number of nitro groups is 1. The van der Waals surface area contributed by atoms with Gasteiger partial charge in [-0.3, -0.25) is 19.6 Å². The predicted molar refractivity (Wildman–Crippen MR) is 135 cm³/mol. The monoisotopic (exact) mass is 530 g/mol. The molecule has 1 N–H and O–H groups in total. The highest BCUT2D eigenvalue weighted by Crippen LogP contribution is 2.27. The standard InChI is InChI=1S/C24H17Cl3N4O4/c25-20-5-2-6-21(26)19(20)12-30-13-22(27)23(29-30)28-24(32)16-4-1-3-15(11-16)14-35-18-9-7-17(8-10-18)31(33)34/h1-11,13H,12,14H2,(H,28,29,32). The maximum absolute atomic E-state index is 12.8. The molecular weight excluding hydrogens is 515 g/mol. The Balaban J connectivity index is 1.41. The van der Waals surface area contributed by atoms with E-state index in [1.807, 2.05) is 0 Å². The number of anilines is 1. The van der Waals surface area contributed by atoms with Crippen molar-refractivity contribution in [3.8, 4) is 5.75 Å². The van der Waals surface area contributed by atoms with E-state index in [0.29, 0.717) is 26.9 Å². The molecule has 178 valence electrons. The number of nitrogens with zero attached hydrogens (tertiary/aromatic N) is 3. The number of hydrogen-bond donors (Lipinski definition) is 1. The van der Waals surface area contributed by atoms with E-state index >= 15 is 0 Å². The molecule has 0 atom stereocenters. The zero-order valence-electron chi connectivity index (χ0n) is 18.0. The van der Waals surface area contributed by atoms with Crippen molar-refractivity contribution in [2.24, 2.45) is 0 Å². The summed E-state index contributed by atoms with van der Waals surface area (Å²) in [6.45, 7) is 0.455. The first-order chi connectivity index (χ1) is 16.8. The molecule has 0 radical (unpaired) electrons. The van der Waals surface area contributed by atoms with Crippen molar-refractivity contribution >= 4 is 52.2 Å². The number of nitro benzene ring substituents is 1. The molecular formula is C24H17Cl3N4O4. The van der Waals surface area contributed by atoms with Crippen LogP contribution in [0.4, 0.5) is 11.5 Å². The molecule has 4 aromatic rings. The number of hydrogen-bond acceptors (Lipinski definition) is 5. The lowest BCUT2D eigenvalue weighted by molar-refractivity contribution is -0.384. The maximum atomic E-state index is 12.8. The summed E-state index contributed by atoms with van der Waals surface area (Å²) in [5.74, 6) is 0.277. The minimum Gasteiger partial charge on any atom is -0.489 e. The Hall–Kier alpha value is -3.59. The fraction of sp³-hybridized carbons (Fsp3) is 0.0833. The van der Waals surface area contributed by atoms with E-state index in [1.54, 1.807) is 53.3 Å². The zero-order chi connectivity index (χ0) is 24.9. The molecule has 0 saturated carbocycles. The molecule has 0 unspecified atom stereocenters. The van der Waals surface area contributed by atoms with E-state index in [0.717, 1.165) is 5.56 Å². The Morgan fingerprint density at radius 1 is 1.00 bits per heavy atom. The maximum Gasteiger partial charge on any atom is 0.269 e. The van der Waals surface area contributed by atoms with E-state index in [9.17, 15) is 14.9 Å². The lowest BCUT2D eigenvalue weighted by Crippen LogP contribution is -2.13. The van der Waals surface area contributed by atoms with Gasteiger partial charge in [-0.05, 0) is 42.0 Å². The summed E-state index contributed by atoms with van der Waals surface area (Å²) < 4.78 is 7.21. The number of carbonyl (C=O) groups excluding carboxylic acids is 1. The van der Waals surface area contributed by atoms with E-state index in [4.69, 9.17) is 39.5 Å². The van der Waals surface area contributed by atoms with Crippen molar-refractivity contribution in [3.05, 3.63) is 115 Å². The van der Waals surface area contributed by atoms with Crippen LogP contribution in [0.1, 0.15) is 21.5 Å². The SMILES string of the molecule is O=C(Nc1nn(Cc2c(Cl)cccc2Cl)cc1Cl)c1cccc(COc2ccc([N+](=O)[O-])cc2)c1. The smallest absolute Gasteiger partial charge is 0.269 e. The minimum absolute atomic E-state index is 0.0212. The van der Waals surface area contributed by atoms with Crippen molar-refractivity contribution < 1.29 is 14.5 Å². The molecule has 0 fully saturated rings. The third-order valence-electron chi connectivity index (χ3n) is 4.97. The fourth-order valence-corrected chi connectivity index (χ4v) is 3.94. The summed E-state index contributed by atoms with van der Waals surface area (Å²) in [6, 6.07) is 17.8. The summed E-state index contributed by atoms with van der Waals surface area (Å²) >= 11 is 18.7. The first-order valence-electron chi connectivity index (χ1n) is 10.2. The van der Waals surface area contributed by atoms with Gasteiger partial charge < -0.3 is 10.1 Å². The molecule has 1 amide bonds. The van der Waals surface area contributed by atoms with Crippen LogP contribution in [0.5, 0.6) is 5.75 Å². The van der Waals surface area contributed by atoms with Crippen molar-refractivity contribution in [1.82, 2.24) is 9.78 Å². The number of nitrogens with one attached hydrogen (secondary N) is 1. The summed E-state index contributed by atoms with van der Waals surface area (Å²) in [6.07, 6.45) is 1.57. The Morgan fingerprint density at radius 2 is 1.69 bits per heavy atom. The van der Waals surface area contributed by atoms with Crippen molar-refractivity contribution in [2.75, 3.05) is 5.32 Å². The van der Waals surface area contributed by atoms with Gasteiger partial charge in [0.25, 0.3) is 11.6 Å². The van der Waals surface area contributed by atoms with Crippen molar-refractivity contribution in [3.63, 3.8) is 0 Å². The molecule has 35 heavy (non-hydrogen) atoms. The van der Waals surface area contributed by atoms with E-state index in [-0.39, 0.29) is 29.7 Å². The average molecular weight is 532 g/mol. The molecule has 8 nitrogen and oxygen atoms in total. The van der Waals surface area contributed by atoms with Crippen LogP contribution in [0, 0.1) is 10.1 Å². The Kier molecular flexibility index (Phi) is 7.55. The summed E-state index contributed by atoms with van der Waals surface area (Å²) in [5, 5.41) is 19.1. The number of amides is 1. The average Bonchev–Trinajstić information content (AvgIpc) is 3.19. The van der Waals surface area contributed by atoms with E-state index < -0.39 is 10.8 Å². The topological polar surface area (TPSA) is 99.3 Å². The molecule has 0 spiro atoms. The summed E-state index contributed by atoms with van der Waals surface area (Å²) in [7, 11) is 0. The van der Waals surface area contributed by atoms with Gasteiger partial charge in [-0.25, -0.2) is 0 Å². The van der Waals surface area contributed by atoms with Crippen LogP contribution in [0.25, 0.3) is 0 Å².